The van der Waals surface area contributed by atoms with Gasteiger partial charge in [-0.05, 0) is 33.0 Å². The second-order valence-corrected chi connectivity index (χ2v) is 3.46. The molecule has 0 saturated heterocycles. The third kappa shape index (κ3) is 5.94. The van der Waals surface area contributed by atoms with Crippen LogP contribution in [0.15, 0.2) is 0 Å². The lowest BCUT2D eigenvalue weighted by Crippen LogP contribution is -2.39. The van der Waals surface area contributed by atoms with Gasteiger partial charge in [-0.2, -0.15) is 0 Å². The molecule has 0 bridgehead atoms. The Morgan fingerprint density at radius 3 is 2.43 bits per heavy atom. The first-order valence-electron chi connectivity index (χ1n) is 5.37. The van der Waals surface area contributed by atoms with Crippen LogP contribution < -0.4 is 11.1 Å². The van der Waals surface area contributed by atoms with Crippen molar-refractivity contribution in [3.05, 3.63) is 0 Å². The first-order valence-corrected chi connectivity index (χ1v) is 5.37. The van der Waals surface area contributed by atoms with Crippen LogP contribution in [0, 0.1) is 0 Å². The Bertz CT molecular complexity index is 155. The smallest absolute Gasteiger partial charge is 0.236 e. The van der Waals surface area contributed by atoms with Gasteiger partial charge in [0.05, 0.1) is 6.04 Å². The highest BCUT2D eigenvalue weighted by atomic mass is 16.2. The van der Waals surface area contributed by atoms with E-state index in [0.29, 0.717) is 0 Å². The first kappa shape index (κ1) is 13.4. The standard InChI is InChI=1S/C10H23N3O/c1-4-13(5-2)8-6-7-12-10(14)9(3)11/h9H,4-8,11H2,1-3H3,(H,12,14)/t9-/m0/s1. The highest BCUT2D eigenvalue weighted by Crippen LogP contribution is 1.89. The number of rotatable bonds is 7. The van der Waals surface area contributed by atoms with Crippen LogP contribution in [-0.4, -0.2) is 43.0 Å². The summed E-state index contributed by atoms with van der Waals surface area (Å²) < 4.78 is 0. The van der Waals surface area contributed by atoms with Gasteiger partial charge in [0.25, 0.3) is 0 Å². The fourth-order valence-electron chi connectivity index (χ4n) is 1.22. The van der Waals surface area contributed by atoms with Gasteiger partial charge in [0, 0.05) is 6.54 Å². The number of nitrogens with zero attached hydrogens (tertiary/aromatic N) is 1. The normalized spacial score (nSPS) is 12.9. The highest BCUT2D eigenvalue weighted by Gasteiger charge is 2.05. The lowest BCUT2D eigenvalue weighted by Gasteiger charge is -2.17. The van der Waals surface area contributed by atoms with Crippen LogP contribution >= 0.6 is 0 Å². The van der Waals surface area contributed by atoms with Crippen molar-refractivity contribution in [3.8, 4) is 0 Å². The molecule has 0 rings (SSSR count). The summed E-state index contributed by atoms with van der Waals surface area (Å²) in [5.74, 6) is -0.0652. The van der Waals surface area contributed by atoms with Crippen molar-refractivity contribution in [1.29, 1.82) is 0 Å². The molecular weight excluding hydrogens is 178 g/mol. The van der Waals surface area contributed by atoms with Crippen molar-refractivity contribution in [2.75, 3.05) is 26.2 Å². The Labute approximate surface area is 86.8 Å². The van der Waals surface area contributed by atoms with Crippen LogP contribution in [0.1, 0.15) is 27.2 Å². The molecule has 84 valence electrons. The SMILES string of the molecule is CCN(CC)CCCNC(=O)[C@H](C)N. The van der Waals surface area contributed by atoms with Gasteiger partial charge in [0.2, 0.25) is 5.91 Å². The summed E-state index contributed by atoms with van der Waals surface area (Å²) in [6.45, 7) is 9.87. The molecule has 0 unspecified atom stereocenters. The van der Waals surface area contributed by atoms with Crippen LogP contribution in [0.2, 0.25) is 0 Å². The van der Waals surface area contributed by atoms with Gasteiger partial charge in [0.1, 0.15) is 0 Å². The maximum absolute atomic E-state index is 11.1. The number of carbonyl (C=O) groups excluding carboxylic acids is 1. The van der Waals surface area contributed by atoms with E-state index >= 15 is 0 Å². The van der Waals surface area contributed by atoms with Crippen LogP contribution in [0.4, 0.5) is 0 Å². The monoisotopic (exact) mass is 201 g/mol. The maximum Gasteiger partial charge on any atom is 0.236 e. The molecule has 0 spiro atoms. The molecule has 0 aliphatic heterocycles. The Morgan fingerprint density at radius 1 is 1.43 bits per heavy atom. The lowest BCUT2D eigenvalue weighted by atomic mass is 10.3. The molecule has 0 radical (unpaired) electrons. The number of nitrogens with one attached hydrogen (secondary N) is 1. The molecule has 0 heterocycles. The van der Waals surface area contributed by atoms with E-state index in [1.807, 2.05) is 0 Å². The van der Waals surface area contributed by atoms with Crippen molar-refractivity contribution in [2.24, 2.45) is 5.73 Å². The number of hydrogen-bond acceptors (Lipinski definition) is 3. The van der Waals surface area contributed by atoms with Gasteiger partial charge in [0.15, 0.2) is 0 Å². The van der Waals surface area contributed by atoms with E-state index in [1.165, 1.54) is 0 Å². The molecule has 1 atom stereocenters. The zero-order chi connectivity index (χ0) is 11.0. The fourth-order valence-corrected chi connectivity index (χ4v) is 1.22. The quantitative estimate of drug-likeness (QED) is 0.578. The molecule has 0 aromatic heterocycles. The molecule has 4 nitrogen and oxygen atoms in total. The largest absolute Gasteiger partial charge is 0.355 e. The molecular formula is C10H23N3O. The van der Waals surface area contributed by atoms with Crippen molar-refractivity contribution < 1.29 is 4.79 Å². The molecule has 0 aliphatic carbocycles. The van der Waals surface area contributed by atoms with Crippen LogP contribution in [-0.2, 0) is 4.79 Å². The predicted molar refractivity (Wildman–Crippen MR) is 59.1 cm³/mol. The summed E-state index contributed by atoms with van der Waals surface area (Å²) in [6.07, 6.45) is 0.986. The Morgan fingerprint density at radius 2 is 2.00 bits per heavy atom. The molecule has 4 heteroatoms. The topological polar surface area (TPSA) is 58.4 Å². The third-order valence-electron chi connectivity index (χ3n) is 2.26. The molecule has 1 amide bonds. The zero-order valence-corrected chi connectivity index (χ0v) is 9.55. The number of nitrogens with two attached hydrogens (primary N) is 1. The van der Waals surface area contributed by atoms with Crippen LogP contribution in [0.25, 0.3) is 0 Å². The first-order chi connectivity index (χ1) is 6.61. The van der Waals surface area contributed by atoms with Gasteiger partial charge in [-0.15, -0.1) is 0 Å². The van der Waals surface area contributed by atoms with E-state index in [-0.39, 0.29) is 5.91 Å². The Hall–Kier alpha value is -0.610. The summed E-state index contributed by atoms with van der Waals surface area (Å²) in [7, 11) is 0. The Kier molecular flexibility index (Phi) is 7.42. The van der Waals surface area contributed by atoms with Crippen molar-refractivity contribution in [3.63, 3.8) is 0 Å². The predicted octanol–water partition coefficient (Wildman–Crippen LogP) is 0.182. The van der Waals surface area contributed by atoms with Crippen molar-refractivity contribution >= 4 is 5.91 Å². The molecule has 0 fully saturated rings. The van der Waals surface area contributed by atoms with Crippen LogP contribution in [0.5, 0.6) is 0 Å². The summed E-state index contributed by atoms with van der Waals surface area (Å²) in [4.78, 5) is 13.4. The van der Waals surface area contributed by atoms with E-state index in [9.17, 15) is 4.79 Å². The summed E-state index contributed by atoms with van der Waals surface area (Å²) in [5.41, 5.74) is 5.41. The molecule has 0 saturated carbocycles. The number of carbonyl (C=O) groups is 1. The van der Waals surface area contributed by atoms with E-state index < -0.39 is 6.04 Å². The third-order valence-corrected chi connectivity index (χ3v) is 2.26. The lowest BCUT2D eigenvalue weighted by molar-refractivity contribution is -0.121. The van der Waals surface area contributed by atoms with Crippen LogP contribution in [0.3, 0.4) is 0 Å². The summed E-state index contributed by atoms with van der Waals surface area (Å²) >= 11 is 0. The Balaban J connectivity index is 3.41. The second kappa shape index (κ2) is 7.76. The maximum atomic E-state index is 11.1. The van der Waals surface area contributed by atoms with Gasteiger partial charge >= 0.3 is 0 Å². The summed E-state index contributed by atoms with van der Waals surface area (Å²) in [6, 6.07) is -0.400. The highest BCUT2D eigenvalue weighted by molar-refractivity contribution is 5.80. The average molecular weight is 201 g/mol. The van der Waals surface area contributed by atoms with Gasteiger partial charge < -0.3 is 16.0 Å². The van der Waals surface area contributed by atoms with Gasteiger partial charge in [-0.1, -0.05) is 13.8 Å². The molecule has 0 aromatic rings. The van der Waals surface area contributed by atoms with E-state index in [0.717, 1.165) is 32.6 Å². The zero-order valence-electron chi connectivity index (χ0n) is 9.55. The number of amides is 1. The second-order valence-electron chi connectivity index (χ2n) is 3.46. The minimum atomic E-state index is -0.400. The molecule has 0 aromatic carbocycles. The van der Waals surface area contributed by atoms with Crippen molar-refractivity contribution in [1.82, 2.24) is 10.2 Å². The van der Waals surface area contributed by atoms with E-state index in [2.05, 4.69) is 24.1 Å². The van der Waals surface area contributed by atoms with Gasteiger partial charge in [-0.25, -0.2) is 0 Å². The molecule has 14 heavy (non-hydrogen) atoms. The average Bonchev–Trinajstić information content (AvgIpc) is 2.17. The van der Waals surface area contributed by atoms with Crippen molar-refractivity contribution in [2.45, 2.75) is 33.2 Å². The summed E-state index contributed by atoms with van der Waals surface area (Å²) in [5, 5.41) is 2.80. The number of hydrogen-bond donors (Lipinski definition) is 2. The minimum Gasteiger partial charge on any atom is -0.355 e. The van der Waals surface area contributed by atoms with E-state index in [4.69, 9.17) is 5.73 Å². The molecule has 3 N–H and O–H groups in total. The minimum absolute atomic E-state index is 0.0652. The molecule has 0 aliphatic rings. The fraction of sp³-hybridized carbons (Fsp3) is 0.900. The van der Waals surface area contributed by atoms with E-state index in [1.54, 1.807) is 6.92 Å². The van der Waals surface area contributed by atoms with Gasteiger partial charge in [-0.3, -0.25) is 4.79 Å².